The number of benzene rings is 2. The van der Waals surface area contributed by atoms with Crippen LogP contribution >= 0.6 is 0 Å². The largest absolute Gasteiger partial charge is 0.379 e. The lowest BCUT2D eigenvalue weighted by Crippen LogP contribution is -2.55. The lowest BCUT2D eigenvalue weighted by atomic mass is 9.92. The minimum absolute atomic E-state index is 0.265. The van der Waals surface area contributed by atoms with Gasteiger partial charge >= 0.3 is 0 Å². The highest BCUT2D eigenvalue weighted by Crippen LogP contribution is 2.25. The first-order valence-corrected chi connectivity index (χ1v) is 8.35. The van der Waals surface area contributed by atoms with E-state index < -0.39 is 11.5 Å². The highest BCUT2D eigenvalue weighted by Gasteiger charge is 2.38. The average Bonchev–Trinajstić information content (AvgIpc) is 2.62. The van der Waals surface area contributed by atoms with Gasteiger partial charge in [0.15, 0.2) is 5.60 Å². The standard InChI is InChI=1S/C20H21N3O2/c21-12-17-4-1-2-5-18(17)16-8-6-15(7-9-16)13-23-11-3-10-20(25,14-23)19(22)24/h1-2,4-9,25H,3,10-11,13-14H2,(H2,22,24)/t20-/m0/s1. The van der Waals surface area contributed by atoms with E-state index in [1.165, 1.54) is 0 Å². The van der Waals surface area contributed by atoms with E-state index in [0.717, 1.165) is 29.7 Å². The molecule has 0 bridgehead atoms. The zero-order valence-electron chi connectivity index (χ0n) is 14.0. The van der Waals surface area contributed by atoms with E-state index >= 15 is 0 Å². The lowest BCUT2D eigenvalue weighted by molar-refractivity contribution is -0.142. The maximum Gasteiger partial charge on any atom is 0.250 e. The molecule has 0 saturated carbocycles. The van der Waals surface area contributed by atoms with Gasteiger partial charge in [-0.1, -0.05) is 42.5 Å². The van der Waals surface area contributed by atoms with Crippen LogP contribution in [0.2, 0.25) is 0 Å². The maximum atomic E-state index is 11.5. The van der Waals surface area contributed by atoms with E-state index in [4.69, 9.17) is 5.73 Å². The first kappa shape index (κ1) is 17.2. The number of amides is 1. The van der Waals surface area contributed by atoms with Crippen molar-refractivity contribution in [2.45, 2.75) is 25.0 Å². The molecule has 5 nitrogen and oxygen atoms in total. The van der Waals surface area contributed by atoms with Crippen molar-refractivity contribution < 1.29 is 9.90 Å². The predicted molar refractivity (Wildman–Crippen MR) is 95.2 cm³/mol. The van der Waals surface area contributed by atoms with Crippen LogP contribution in [0.5, 0.6) is 0 Å². The van der Waals surface area contributed by atoms with Gasteiger partial charge < -0.3 is 10.8 Å². The van der Waals surface area contributed by atoms with Gasteiger partial charge in [0.05, 0.1) is 11.6 Å². The molecule has 1 aliphatic rings. The van der Waals surface area contributed by atoms with Gasteiger partial charge in [-0.3, -0.25) is 9.69 Å². The summed E-state index contributed by atoms with van der Waals surface area (Å²) in [6, 6.07) is 17.8. The van der Waals surface area contributed by atoms with Gasteiger partial charge in [0.2, 0.25) is 0 Å². The summed E-state index contributed by atoms with van der Waals surface area (Å²) < 4.78 is 0. The molecule has 1 heterocycles. The van der Waals surface area contributed by atoms with Crippen molar-refractivity contribution in [1.82, 2.24) is 4.90 Å². The molecule has 3 rings (SSSR count). The number of hydrogen-bond acceptors (Lipinski definition) is 4. The summed E-state index contributed by atoms with van der Waals surface area (Å²) in [4.78, 5) is 13.5. The van der Waals surface area contributed by atoms with E-state index in [9.17, 15) is 15.2 Å². The van der Waals surface area contributed by atoms with Crippen molar-refractivity contribution in [3.63, 3.8) is 0 Å². The van der Waals surface area contributed by atoms with Gasteiger partial charge in [-0.25, -0.2) is 0 Å². The number of nitriles is 1. The number of carbonyl (C=O) groups excluding carboxylic acids is 1. The normalized spacial score (nSPS) is 20.8. The van der Waals surface area contributed by atoms with Crippen molar-refractivity contribution in [2.24, 2.45) is 5.73 Å². The Morgan fingerprint density at radius 2 is 1.96 bits per heavy atom. The molecule has 1 fully saturated rings. The molecule has 25 heavy (non-hydrogen) atoms. The third kappa shape index (κ3) is 3.71. The van der Waals surface area contributed by atoms with E-state index in [-0.39, 0.29) is 6.54 Å². The molecule has 0 aliphatic carbocycles. The number of primary amides is 1. The topological polar surface area (TPSA) is 90.3 Å². The average molecular weight is 335 g/mol. The van der Waals surface area contributed by atoms with Crippen LogP contribution in [0.1, 0.15) is 24.0 Å². The highest BCUT2D eigenvalue weighted by molar-refractivity contribution is 5.83. The minimum Gasteiger partial charge on any atom is -0.379 e. The van der Waals surface area contributed by atoms with Crippen LogP contribution in [-0.4, -0.2) is 34.6 Å². The number of nitrogens with zero attached hydrogens (tertiary/aromatic N) is 2. The fourth-order valence-electron chi connectivity index (χ4n) is 3.34. The van der Waals surface area contributed by atoms with Gasteiger partial charge in [-0.15, -0.1) is 0 Å². The fraction of sp³-hybridized carbons (Fsp3) is 0.300. The van der Waals surface area contributed by atoms with Crippen LogP contribution in [0.15, 0.2) is 48.5 Å². The number of piperidine rings is 1. The Hall–Kier alpha value is -2.68. The second-order valence-corrected chi connectivity index (χ2v) is 6.56. The summed E-state index contributed by atoms with van der Waals surface area (Å²) >= 11 is 0. The molecule has 0 unspecified atom stereocenters. The first-order valence-electron chi connectivity index (χ1n) is 8.35. The number of nitrogens with two attached hydrogens (primary N) is 1. The highest BCUT2D eigenvalue weighted by atomic mass is 16.3. The summed E-state index contributed by atoms with van der Waals surface area (Å²) in [7, 11) is 0. The van der Waals surface area contributed by atoms with Crippen LogP contribution in [-0.2, 0) is 11.3 Å². The van der Waals surface area contributed by atoms with Crippen molar-refractivity contribution in [3.8, 4) is 17.2 Å². The maximum absolute atomic E-state index is 11.5. The molecule has 2 aromatic carbocycles. The summed E-state index contributed by atoms with van der Waals surface area (Å²) in [5.74, 6) is -0.652. The minimum atomic E-state index is -1.43. The van der Waals surface area contributed by atoms with E-state index in [1.807, 2.05) is 53.4 Å². The molecule has 0 aromatic heterocycles. The van der Waals surface area contributed by atoms with Crippen LogP contribution < -0.4 is 5.73 Å². The molecule has 5 heteroatoms. The Morgan fingerprint density at radius 3 is 2.64 bits per heavy atom. The number of β-amino-alcohol motifs (C(OH)–C–C–N with tert-alkyl or cyclic N) is 1. The molecule has 1 amide bonds. The lowest BCUT2D eigenvalue weighted by Gasteiger charge is -2.37. The molecular weight excluding hydrogens is 314 g/mol. The van der Waals surface area contributed by atoms with Crippen molar-refractivity contribution in [3.05, 3.63) is 59.7 Å². The van der Waals surface area contributed by atoms with Crippen LogP contribution in [0.25, 0.3) is 11.1 Å². The molecule has 128 valence electrons. The number of hydrogen-bond donors (Lipinski definition) is 2. The number of rotatable bonds is 4. The summed E-state index contributed by atoms with van der Waals surface area (Å²) in [6.45, 7) is 1.74. The van der Waals surface area contributed by atoms with Crippen molar-refractivity contribution >= 4 is 5.91 Å². The zero-order valence-corrected chi connectivity index (χ0v) is 14.0. The smallest absolute Gasteiger partial charge is 0.250 e. The van der Waals surface area contributed by atoms with Gasteiger partial charge in [-0.2, -0.15) is 5.26 Å². The van der Waals surface area contributed by atoms with Gasteiger partial charge in [0, 0.05) is 13.1 Å². The SMILES string of the molecule is N#Cc1ccccc1-c1ccc(CN2CCC[C@@](O)(C(N)=O)C2)cc1. The van der Waals surface area contributed by atoms with Crippen molar-refractivity contribution in [1.29, 1.82) is 5.26 Å². The molecule has 0 radical (unpaired) electrons. The summed E-state index contributed by atoms with van der Waals surface area (Å²) in [5.41, 5.74) is 7.55. The molecule has 1 saturated heterocycles. The van der Waals surface area contributed by atoms with E-state index in [0.29, 0.717) is 18.5 Å². The Kier molecular flexibility index (Phi) is 4.84. The molecule has 1 atom stereocenters. The summed E-state index contributed by atoms with van der Waals surface area (Å²) in [5, 5.41) is 19.5. The number of carbonyl (C=O) groups is 1. The molecule has 0 spiro atoms. The molecule has 1 aliphatic heterocycles. The number of aliphatic hydroxyl groups is 1. The second-order valence-electron chi connectivity index (χ2n) is 6.56. The Bertz CT molecular complexity index is 810. The van der Waals surface area contributed by atoms with E-state index in [1.54, 1.807) is 0 Å². The van der Waals surface area contributed by atoms with Gasteiger partial charge in [-0.05, 0) is 42.1 Å². The molecular formula is C20H21N3O2. The van der Waals surface area contributed by atoms with Crippen LogP contribution in [0.3, 0.4) is 0 Å². The number of likely N-dealkylation sites (tertiary alicyclic amines) is 1. The fourth-order valence-corrected chi connectivity index (χ4v) is 3.34. The monoisotopic (exact) mass is 335 g/mol. The van der Waals surface area contributed by atoms with Gasteiger partial charge in [0.1, 0.15) is 0 Å². The Labute approximate surface area is 147 Å². The van der Waals surface area contributed by atoms with E-state index in [2.05, 4.69) is 6.07 Å². The van der Waals surface area contributed by atoms with Gasteiger partial charge in [0.25, 0.3) is 5.91 Å². The second kappa shape index (κ2) is 7.06. The third-order valence-corrected chi connectivity index (χ3v) is 4.73. The van der Waals surface area contributed by atoms with Crippen LogP contribution in [0, 0.1) is 11.3 Å². The third-order valence-electron chi connectivity index (χ3n) is 4.73. The molecule has 2 aromatic rings. The Balaban J connectivity index is 1.73. The molecule has 3 N–H and O–H groups in total. The van der Waals surface area contributed by atoms with Crippen LogP contribution in [0.4, 0.5) is 0 Å². The summed E-state index contributed by atoms with van der Waals surface area (Å²) in [6.07, 6.45) is 1.16. The predicted octanol–water partition coefficient (Wildman–Crippen LogP) is 2.04. The quantitative estimate of drug-likeness (QED) is 0.894. The first-order chi connectivity index (χ1) is 12.0. The zero-order chi connectivity index (χ0) is 17.9. The Morgan fingerprint density at radius 1 is 1.24 bits per heavy atom. The van der Waals surface area contributed by atoms with Crippen molar-refractivity contribution in [2.75, 3.05) is 13.1 Å².